The predicted octanol–water partition coefficient (Wildman–Crippen LogP) is 1.49. The lowest BCUT2D eigenvalue weighted by molar-refractivity contribution is 0.118. The van der Waals surface area contributed by atoms with Crippen LogP contribution in [0.15, 0.2) is 0 Å². The lowest BCUT2D eigenvalue weighted by Gasteiger charge is -2.29. The van der Waals surface area contributed by atoms with Crippen LogP contribution in [0.3, 0.4) is 0 Å². The van der Waals surface area contributed by atoms with Crippen molar-refractivity contribution in [2.24, 2.45) is 5.41 Å². The van der Waals surface area contributed by atoms with Crippen molar-refractivity contribution in [3.8, 4) is 0 Å². The summed E-state index contributed by atoms with van der Waals surface area (Å²) in [7, 11) is 0. The third-order valence-electron chi connectivity index (χ3n) is 3.51. The molecule has 1 fully saturated rings. The SMILES string of the molecule is Cc1nnc(CNC2CCCC2(C)CO)s1. The van der Waals surface area contributed by atoms with Crippen LogP contribution in [0.4, 0.5) is 0 Å². The number of hydrogen-bond donors (Lipinski definition) is 2. The van der Waals surface area contributed by atoms with Gasteiger partial charge >= 0.3 is 0 Å². The minimum atomic E-state index is 0.0414. The fraction of sp³-hybridized carbons (Fsp3) is 0.818. The molecule has 1 aliphatic rings. The van der Waals surface area contributed by atoms with Crippen molar-refractivity contribution >= 4 is 11.3 Å². The van der Waals surface area contributed by atoms with E-state index in [0.717, 1.165) is 29.4 Å². The smallest absolute Gasteiger partial charge is 0.131 e. The highest BCUT2D eigenvalue weighted by Crippen LogP contribution is 2.37. The molecule has 0 bridgehead atoms. The van der Waals surface area contributed by atoms with Crippen LogP contribution in [0.5, 0.6) is 0 Å². The fourth-order valence-corrected chi connectivity index (χ4v) is 3.05. The number of aromatic nitrogens is 2. The zero-order valence-corrected chi connectivity index (χ0v) is 10.7. The van der Waals surface area contributed by atoms with E-state index in [1.54, 1.807) is 11.3 Å². The molecule has 1 heterocycles. The van der Waals surface area contributed by atoms with E-state index < -0.39 is 0 Å². The second kappa shape index (κ2) is 4.77. The van der Waals surface area contributed by atoms with Crippen LogP contribution >= 0.6 is 11.3 Å². The summed E-state index contributed by atoms with van der Waals surface area (Å²) >= 11 is 1.63. The van der Waals surface area contributed by atoms with E-state index >= 15 is 0 Å². The predicted molar refractivity (Wildman–Crippen MR) is 64.3 cm³/mol. The summed E-state index contributed by atoms with van der Waals surface area (Å²) in [6, 6.07) is 0.404. The molecule has 0 aromatic carbocycles. The third-order valence-corrected chi connectivity index (χ3v) is 4.35. The Morgan fingerprint density at radius 3 is 3.00 bits per heavy atom. The van der Waals surface area contributed by atoms with Gasteiger partial charge < -0.3 is 10.4 Å². The van der Waals surface area contributed by atoms with Gasteiger partial charge in [0.15, 0.2) is 0 Å². The molecule has 5 heteroatoms. The summed E-state index contributed by atoms with van der Waals surface area (Å²) < 4.78 is 0. The molecule has 4 nitrogen and oxygen atoms in total. The number of rotatable bonds is 4. The lowest BCUT2D eigenvalue weighted by atomic mass is 9.86. The molecule has 16 heavy (non-hydrogen) atoms. The van der Waals surface area contributed by atoms with Crippen LogP contribution in [0.25, 0.3) is 0 Å². The van der Waals surface area contributed by atoms with Crippen molar-refractivity contribution in [1.82, 2.24) is 15.5 Å². The summed E-state index contributed by atoms with van der Waals surface area (Å²) in [5, 5.41) is 23.1. The number of aliphatic hydroxyl groups is 1. The van der Waals surface area contributed by atoms with Crippen molar-refractivity contribution in [3.63, 3.8) is 0 Å². The van der Waals surface area contributed by atoms with Crippen molar-refractivity contribution in [2.75, 3.05) is 6.61 Å². The Bertz CT molecular complexity index is 355. The van der Waals surface area contributed by atoms with Gasteiger partial charge in [0.1, 0.15) is 10.0 Å². The molecule has 0 saturated heterocycles. The van der Waals surface area contributed by atoms with E-state index in [1.807, 2.05) is 6.92 Å². The third kappa shape index (κ3) is 2.42. The molecule has 1 saturated carbocycles. The Kier molecular flexibility index (Phi) is 3.56. The van der Waals surface area contributed by atoms with E-state index in [2.05, 4.69) is 22.4 Å². The average molecular weight is 241 g/mol. The highest BCUT2D eigenvalue weighted by molar-refractivity contribution is 7.11. The van der Waals surface area contributed by atoms with E-state index in [1.165, 1.54) is 6.42 Å². The van der Waals surface area contributed by atoms with E-state index in [9.17, 15) is 5.11 Å². The Hall–Kier alpha value is -0.520. The van der Waals surface area contributed by atoms with Gasteiger partial charge in [-0.3, -0.25) is 0 Å². The van der Waals surface area contributed by atoms with Crippen LogP contribution in [0.1, 0.15) is 36.2 Å². The zero-order valence-electron chi connectivity index (χ0n) is 9.86. The average Bonchev–Trinajstić information content (AvgIpc) is 2.83. The monoisotopic (exact) mass is 241 g/mol. The molecule has 0 amide bonds. The largest absolute Gasteiger partial charge is 0.396 e. The van der Waals surface area contributed by atoms with Gasteiger partial charge in [-0.25, -0.2) is 0 Å². The molecule has 2 unspecified atom stereocenters. The number of nitrogens with zero attached hydrogens (tertiary/aromatic N) is 2. The molecule has 2 rings (SSSR count). The summed E-state index contributed by atoms with van der Waals surface area (Å²) in [4.78, 5) is 0. The maximum absolute atomic E-state index is 9.43. The zero-order chi connectivity index (χ0) is 11.6. The molecule has 0 spiro atoms. The topological polar surface area (TPSA) is 58.0 Å². The Balaban J connectivity index is 1.90. The first-order valence-electron chi connectivity index (χ1n) is 5.77. The van der Waals surface area contributed by atoms with Crippen LogP contribution in [-0.2, 0) is 6.54 Å². The maximum Gasteiger partial charge on any atom is 0.131 e. The van der Waals surface area contributed by atoms with Gasteiger partial charge in [0.2, 0.25) is 0 Å². The Labute approximate surface area is 100 Å². The summed E-state index contributed by atoms with van der Waals surface area (Å²) in [5.41, 5.74) is 0.0414. The highest BCUT2D eigenvalue weighted by atomic mass is 32.1. The van der Waals surface area contributed by atoms with Crippen molar-refractivity contribution in [2.45, 2.75) is 45.7 Å². The molecule has 0 aliphatic heterocycles. The molecular weight excluding hydrogens is 222 g/mol. The molecule has 0 radical (unpaired) electrons. The number of aliphatic hydroxyl groups excluding tert-OH is 1. The first-order valence-corrected chi connectivity index (χ1v) is 6.59. The van der Waals surface area contributed by atoms with Gasteiger partial charge in [-0.05, 0) is 19.8 Å². The Morgan fingerprint density at radius 1 is 1.56 bits per heavy atom. The highest BCUT2D eigenvalue weighted by Gasteiger charge is 2.37. The first-order chi connectivity index (χ1) is 7.64. The number of nitrogens with one attached hydrogen (secondary N) is 1. The van der Waals surface area contributed by atoms with Crippen LogP contribution in [0, 0.1) is 12.3 Å². The fourth-order valence-electron chi connectivity index (χ4n) is 2.39. The molecule has 90 valence electrons. The lowest BCUT2D eigenvalue weighted by Crippen LogP contribution is -2.41. The van der Waals surface area contributed by atoms with Crippen LogP contribution in [-0.4, -0.2) is 28.0 Å². The van der Waals surface area contributed by atoms with Gasteiger partial charge in [-0.15, -0.1) is 21.5 Å². The van der Waals surface area contributed by atoms with E-state index in [4.69, 9.17) is 0 Å². The Morgan fingerprint density at radius 2 is 2.38 bits per heavy atom. The second-order valence-corrected chi connectivity index (χ2v) is 6.12. The van der Waals surface area contributed by atoms with Crippen LogP contribution < -0.4 is 5.32 Å². The van der Waals surface area contributed by atoms with E-state index in [0.29, 0.717) is 6.04 Å². The summed E-state index contributed by atoms with van der Waals surface area (Å²) in [6.07, 6.45) is 3.45. The van der Waals surface area contributed by atoms with Gasteiger partial charge in [0, 0.05) is 24.6 Å². The van der Waals surface area contributed by atoms with Crippen molar-refractivity contribution in [3.05, 3.63) is 10.0 Å². The van der Waals surface area contributed by atoms with Crippen molar-refractivity contribution in [1.29, 1.82) is 0 Å². The van der Waals surface area contributed by atoms with Crippen LogP contribution in [0.2, 0.25) is 0 Å². The second-order valence-electron chi connectivity index (χ2n) is 4.85. The molecular formula is C11H19N3OS. The first kappa shape index (κ1) is 12.0. The van der Waals surface area contributed by atoms with Gasteiger partial charge in [0.05, 0.1) is 0 Å². The molecule has 2 atom stereocenters. The standard InChI is InChI=1S/C11H19N3OS/c1-8-13-14-10(16-8)6-12-9-4-3-5-11(9,2)7-15/h9,12,15H,3-7H2,1-2H3. The molecule has 2 N–H and O–H groups in total. The van der Waals surface area contributed by atoms with Gasteiger partial charge in [-0.1, -0.05) is 13.3 Å². The normalized spacial score (nSPS) is 29.8. The quantitative estimate of drug-likeness (QED) is 0.838. The van der Waals surface area contributed by atoms with Gasteiger partial charge in [0.25, 0.3) is 0 Å². The molecule has 1 aromatic rings. The van der Waals surface area contributed by atoms with Gasteiger partial charge in [-0.2, -0.15) is 0 Å². The number of aryl methyl sites for hydroxylation is 1. The minimum Gasteiger partial charge on any atom is -0.396 e. The maximum atomic E-state index is 9.43. The minimum absolute atomic E-state index is 0.0414. The molecule has 1 aromatic heterocycles. The molecule has 1 aliphatic carbocycles. The number of hydrogen-bond acceptors (Lipinski definition) is 5. The van der Waals surface area contributed by atoms with Crippen molar-refractivity contribution < 1.29 is 5.11 Å². The van der Waals surface area contributed by atoms with E-state index in [-0.39, 0.29) is 12.0 Å². The summed E-state index contributed by atoms with van der Waals surface area (Å²) in [5.74, 6) is 0. The summed E-state index contributed by atoms with van der Waals surface area (Å²) in [6.45, 7) is 5.16.